The minimum absolute atomic E-state index is 0.142. The molecule has 0 spiro atoms. The standard InChI is InChI=1S/C12H14N4O2/c1-15(7-9-5-14-16(2)8-9)12(18)10-6-13-4-3-11(10)17/h3-6,8H,7H2,1-2H3,(H,13,17). The molecule has 2 rings (SSSR count). The number of hydrogen-bond donors (Lipinski definition) is 1. The SMILES string of the molecule is CN(Cc1cnn(C)c1)C(=O)c1c[nH]ccc1=O. The molecule has 0 aliphatic heterocycles. The molecule has 0 saturated heterocycles. The lowest BCUT2D eigenvalue weighted by atomic mass is 10.2. The van der Waals surface area contributed by atoms with E-state index in [0.717, 1.165) is 5.56 Å². The van der Waals surface area contributed by atoms with Crippen molar-refractivity contribution in [3.63, 3.8) is 0 Å². The second-order valence-corrected chi connectivity index (χ2v) is 4.11. The normalized spacial score (nSPS) is 10.3. The first-order valence-electron chi connectivity index (χ1n) is 5.48. The second kappa shape index (κ2) is 4.87. The van der Waals surface area contributed by atoms with Crippen molar-refractivity contribution in [2.24, 2.45) is 7.05 Å². The molecule has 94 valence electrons. The zero-order chi connectivity index (χ0) is 13.1. The molecule has 0 unspecified atom stereocenters. The maximum atomic E-state index is 12.1. The van der Waals surface area contributed by atoms with Gasteiger partial charge >= 0.3 is 0 Å². The van der Waals surface area contributed by atoms with Gasteiger partial charge in [-0.25, -0.2) is 0 Å². The number of carbonyl (C=O) groups excluding carboxylic acids is 1. The molecule has 1 N–H and O–H groups in total. The lowest BCUT2D eigenvalue weighted by Crippen LogP contribution is -2.30. The summed E-state index contributed by atoms with van der Waals surface area (Å²) in [6.07, 6.45) is 6.45. The smallest absolute Gasteiger partial charge is 0.259 e. The number of aryl methyl sites for hydroxylation is 1. The number of rotatable bonds is 3. The van der Waals surface area contributed by atoms with Crippen molar-refractivity contribution in [2.45, 2.75) is 6.54 Å². The highest BCUT2D eigenvalue weighted by Crippen LogP contribution is 2.04. The summed E-state index contributed by atoms with van der Waals surface area (Å²) >= 11 is 0. The van der Waals surface area contributed by atoms with Crippen LogP contribution in [0.1, 0.15) is 15.9 Å². The van der Waals surface area contributed by atoms with E-state index in [2.05, 4.69) is 10.1 Å². The van der Waals surface area contributed by atoms with Gasteiger partial charge in [-0.2, -0.15) is 5.10 Å². The maximum absolute atomic E-state index is 12.1. The van der Waals surface area contributed by atoms with Crippen LogP contribution in [0.25, 0.3) is 0 Å². The summed E-state index contributed by atoms with van der Waals surface area (Å²) in [5.41, 5.74) is 0.779. The topological polar surface area (TPSA) is 71.0 Å². The van der Waals surface area contributed by atoms with Gasteiger partial charge in [-0.1, -0.05) is 0 Å². The van der Waals surface area contributed by atoms with Crippen LogP contribution in [0.4, 0.5) is 0 Å². The quantitative estimate of drug-likeness (QED) is 0.851. The third-order valence-electron chi connectivity index (χ3n) is 2.58. The summed E-state index contributed by atoms with van der Waals surface area (Å²) in [6.45, 7) is 0.418. The number of amides is 1. The molecule has 0 fully saturated rings. The first-order valence-corrected chi connectivity index (χ1v) is 5.48. The first kappa shape index (κ1) is 12.1. The average Bonchev–Trinajstić information content (AvgIpc) is 2.74. The Morgan fingerprint density at radius 3 is 2.94 bits per heavy atom. The highest BCUT2D eigenvalue weighted by molar-refractivity contribution is 5.93. The number of pyridine rings is 1. The van der Waals surface area contributed by atoms with E-state index in [9.17, 15) is 9.59 Å². The van der Waals surface area contributed by atoms with Crippen LogP contribution < -0.4 is 5.43 Å². The summed E-state index contributed by atoms with van der Waals surface area (Å²) in [5, 5.41) is 4.03. The van der Waals surface area contributed by atoms with Crippen molar-refractivity contribution in [3.8, 4) is 0 Å². The number of carbonyl (C=O) groups is 1. The molecule has 6 heteroatoms. The van der Waals surface area contributed by atoms with E-state index in [4.69, 9.17) is 0 Å². The van der Waals surface area contributed by atoms with Crippen LogP contribution in [-0.4, -0.2) is 32.6 Å². The van der Waals surface area contributed by atoms with E-state index in [0.29, 0.717) is 6.54 Å². The van der Waals surface area contributed by atoms with E-state index >= 15 is 0 Å². The Balaban J connectivity index is 2.15. The molecular weight excluding hydrogens is 232 g/mol. The van der Waals surface area contributed by atoms with Crippen molar-refractivity contribution in [1.29, 1.82) is 0 Å². The minimum Gasteiger partial charge on any atom is -0.367 e. The van der Waals surface area contributed by atoms with Gasteiger partial charge in [0.1, 0.15) is 5.56 Å². The molecule has 0 atom stereocenters. The number of aromatic amines is 1. The molecule has 0 aromatic carbocycles. The van der Waals surface area contributed by atoms with Gasteiger partial charge < -0.3 is 9.88 Å². The Kier molecular flexibility index (Phi) is 3.27. The molecule has 6 nitrogen and oxygen atoms in total. The van der Waals surface area contributed by atoms with E-state index in [-0.39, 0.29) is 16.9 Å². The van der Waals surface area contributed by atoms with Crippen LogP contribution in [0.15, 0.2) is 35.6 Å². The van der Waals surface area contributed by atoms with Gasteiger partial charge in [0.2, 0.25) is 0 Å². The van der Waals surface area contributed by atoms with Crippen LogP contribution in [0.5, 0.6) is 0 Å². The lowest BCUT2D eigenvalue weighted by Gasteiger charge is -2.15. The van der Waals surface area contributed by atoms with Crippen molar-refractivity contribution in [3.05, 3.63) is 52.2 Å². The largest absolute Gasteiger partial charge is 0.367 e. The summed E-state index contributed by atoms with van der Waals surface area (Å²) in [6, 6.07) is 1.34. The second-order valence-electron chi connectivity index (χ2n) is 4.11. The fourth-order valence-electron chi connectivity index (χ4n) is 1.69. The van der Waals surface area contributed by atoms with Crippen LogP contribution in [0.3, 0.4) is 0 Å². The summed E-state index contributed by atoms with van der Waals surface area (Å²) < 4.78 is 1.67. The van der Waals surface area contributed by atoms with Crippen molar-refractivity contribution in [2.75, 3.05) is 7.05 Å². The van der Waals surface area contributed by atoms with Gasteiger partial charge in [0.05, 0.1) is 6.20 Å². The van der Waals surface area contributed by atoms with Gasteiger partial charge in [0.15, 0.2) is 5.43 Å². The molecule has 2 aromatic heterocycles. The van der Waals surface area contributed by atoms with E-state index in [1.54, 1.807) is 17.9 Å². The van der Waals surface area contributed by atoms with Gasteiger partial charge in [0, 0.05) is 50.9 Å². The number of nitrogens with one attached hydrogen (secondary N) is 1. The molecule has 0 saturated carbocycles. The summed E-state index contributed by atoms with van der Waals surface area (Å²) in [5.74, 6) is -0.305. The lowest BCUT2D eigenvalue weighted by molar-refractivity contribution is 0.0783. The number of aromatic nitrogens is 3. The Bertz CT molecular complexity index is 614. The molecule has 0 aliphatic carbocycles. The maximum Gasteiger partial charge on any atom is 0.259 e. The van der Waals surface area contributed by atoms with Crippen LogP contribution in [0, 0.1) is 0 Å². The molecular formula is C12H14N4O2. The summed E-state index contributed by atoms with van der Waals surface area (Å²) in [4.78, 5) is 27.8. The predicted octanol–water partition coefficient (Wildman–Crippen LogP) is 0.381. The van der Waals surface area contributed by atoms with Crippen LogP contribution >= 0.6 is 0 Å². The van der Waals surface area contributed by atoms with Crippen LogP contribution in [-0.2, 0) is 13.6 Å². The molecule has 18 heavy (non-hydrogen) atoms. The number of nitrogens with zero attached hydrogens (tertiary/aromatic N) is 3. The zero-order valence-electron chi connectivity index (χ0n) is 10.3. The third kappa shape index (κ3) is 2.48. The highest BCUT2D eigenvalue weighted by atomic mass is 16.2. The fourth-order valence-corrected chi connectivity index (χ4v) is 1.69. The van der Waals surface area contributed by atoms with E-state index in [1.165, 1.54) is 23.4 Å². The highest BCUT2D eigenvalue weighted by Gasteiger charge is 2.15. The molecule has 0 aliphatic rings. The third-order valence-corrected chi connectivity index (χ3v) is 2.58. The molecule has 0 radical (unpaired) electrons. The van der Waals surface area contributed by atoms with Gasteiger partial charge in [-0.3, -0.25) is 14.3 Å². The summed E-state index contributed by atoms with van der Waals surface area (Å²) in [7, 11) is 3.47. The number of hydrogen-bond acceptors (Lipinski definition) is 3. The first-order chi connectivity index (χ1) is 8.58. The zero-order valence-corrected chi connectivity index (χ0v) is 10.3. The van der Waals surface area contributed by atoms with Crippen molar-refractivity contribution < 1.29 is 4.79 Å². The number of H-pyrrole nitrogens is 1. The van der Waals surface area contributed by atoms with E-state index < -0.39 is 0 Å². The van der Waals surface area contributed by atoms with Gasteiger partial charge in [-0.15, -0.1) is 0 Å². The fraction of sp³-hybridized carbons (Fsp3) is 0.250. The Labute approximate surface area is 104 Å². The van der Waals surface area contributed by atoms with E-state index in [1.807, 2.05) is 13.2 Å². The molecule has 2 aromatic rings. The van der Waals surface area contributed by atoms with Crippen molar-refractivity contribution >= 4 is 5.91 Å². The Hall–Kier alpha value is -2.37. The predicted molar refractivity (Wildman–Crippen MR) is 66.1 cm³/mol. The minimum atomic E-state index is -0.305. The van der Waals surface area contributed by atoms with Crippen molar-refractivity contribution in [1.82, 2.24) is 19.7 Å². The molecule has 0 bridgehead atoms. The van der Waals surface area contributed by atoms with Gasteiger partial charge in [-0.05, 0) is 0 Å². The Morgan fingerprint density at radius 2 is 2.33 bits per heavy atom. The molecule has 2 heterocycles. The Morgan fingerprint density at radius 1 is 1.56 bits per heavy atom. The van der Waals surface area contributed by atoms with Gasteiger partial charge in [0.25, 0.3) is 5.91 Å². The monoisotopic (exact) mass is 246 g/mol. The molecule has 1 amide bonds. The van der Waals surface area contributed by atoms with Crippen LogP contribution in [0.2, 0.25) is 0 Å². The average molecular weight is 246 g/mol.